The van der Waals surface area contributed by atoms with Crippen LogP contribution in [-0.2, 0) is 4.79 Å². The highest BCUT2D eigenvalue weighted by Crippen LogP contribution is 2.38. The smallest absolute Gasteiger partial charge is 0.255 e. The largest absolute Gasteiger partial charge is 0.326 e. The Morgan fingerprint density at radius 1 is 0.903 bits per heavy atom. The van der Waals surface area contributed by atoms with Gasteiger partial charge < -0.3 is 10.6 Å². The standard InChI is InChI=1S/C24H18N4O2S/c1-14(29)26-18-8-6-15(7-9-18)24(30)27-19-10-17-13-25-28-23(17)20(12-19)22-11-16-4-2-3-5-21(16)31-22/h2-13H,1H3,(H,25,28)(H,26,29)(H,27,30). The topological polar surface area (TPSA) is 86.9 Å². The second kappa shape index (κ2) is 7.70. The van der Waals surface area contributed by atoms with Crippen LogP contribution in [0.3, 0.4) is 0 Å². The molecule has 0 saturated carbocycles. The average molecular weight is 427 g/mol. The maximum absolute atomic E-state index is 12.8. The van der Waals surface area contributed by atoms with Gasteiger partial charge >= 0.3 is 0 Å². The monoisotopic (exact) mass is 426 g/mol. The van der Waals surface area contributed by atoms with Crippen molar-refractivity contribution in [3.63, 3.8) is 0 Å². The fourth-order valence-corrected chi connectivity index (χ4v) is 4.64. The summed E-state index contributed by atoms with van der Waals surface area (Å²) in [6.07, 6.45) is 1.75. The van der Waals surface area contributed by atoms with E-state index in [1.165, 1.54) is 17.0 Å². The Labute approximate surface area is 181 Å². The van der Waals surface area contributed by atoms with Crippen molar-refractivity contribution < 1.29 is 9.59 Å². The number of fused-ring (bicyclic) bond motifs is 2. The Balaban J connectivity index is 1.48. The quantitative estimate of drug-likeness (QED) is 0.347. The van der Waals surface area contributed by atoms with Crippen LogP contribution >= 0.6 is 11.3 Å². The molecule has 3 aromatic carbocycles. The number of rotatable bonds is 4. The number of carbonyl (C=O) groups is 2. The van der Waals surface area contributed by atoms with Crippen molar-refractivity contribution in [2.24, 2.45) is 0 Å². The SMILES string of the molecule is CC(=O)Nc1ccc(C(=O)Nc2cc(-c3cc4ccccc4s3)c3[nH]ncc3c2)cc1. The molecular formula is C24H18N4O2S. The average Bonchev–Trinajstić information content (AvgIpc) is 3.40. The Bertz CT molecular complexity index is 1400. The molecule has 5 aromatic rings. The molecule has 0 atom stereocenters. The van der Waals surface area contributed by atoms with Crippen LogP contribution in [0.4, 0.5) is 11.4 Å². The van der Waals surface area contributed by atoms with E-state index < -0.39 is 0 Å². The highest BCUT2D eigenvalue weighted by molar-refractivity contribution is 7.22. The van der Waals surface area contributed by atoms with Crippen LogP contribution in [0, 0.1) is 0 Å². The van der Waals surface area contributed by atoms with Crippen LogP contribution < -0.4 is 10.6 Å². The van der Waals surface area contributed by atoms with E-state index in [4.69, 9.17) is 0 Å². The van der Waals surface area contributed by atoms with Crippen molar-refractivity contribution in [1.29, 1.82) is 0 Å². The normalized spacial score (nSPS) is 11.0. The van der Waals surface area contributed by atoms with Crippen LogP contribution in [0.2, 0.25) is 0 Å². The van der Waals surface area contributed by atoms with Gasteiger partial charge in [-0.15, -0.1) is 11.3 Å². The van der Waals surface area contributed by atoms with E-state index in [1.54, 1.807) is 41.8 Å². The number of nitrogens with zero attached hydrogens (tertiary/aromatic N) is 1. The maximum Gasteiger partial charge on any atom is 0.255 e. The summed E-state index contributed by atoms with van der Waals surface area (Å²) < 4.78 is 1.21. The van der Waals surface area contributed by atoms with Crippen molar-refractivity contribution >= 4 is 55.5 Å². The molecule has 0 fully saturated rings. The predicted molar refractivity (Wildman–Crippen MR) is 126 cm³/mol. The number of aromatic nitrogens is 2. The fourth-order valence-electron chi connectivity index (χ4n) is 3.55. The van der Waals surface area contributed by atoms with E-state index in [-0.39, 0.29) is 11.8 Å². The lowest BCUT2D eigenvalue weighted by molar-refractivity contribution is -0.114. The van der Waals surface area contributed by atoms with Crippen molar-refractivity contribution in [2.75, 3.05) is 10.6 Å². The first-order chi connectivity index (χ1) is 15.1. The van der Waals surface area contributed by atoms with Gasteiger partial charge in [0.2, 0.25) is 5.91 Å². The van der Waals surface area contributed by atoms with Gasteiger partial charge in [0.1, 0.15) is 0 Å². The minimum absolute atomic E-state index is 0.153. The third-order valence-corrected chi connectivity index (χ3v) is 6.11. The number of thiophene rings is 1. The fraction of sp³-hybridized carbons (Fsp3) is 0.0417. The number of anilines is 2. The third kappa shape index (κ3) is 3.78. The Morgan fingerprint density at radius 3 is 2.48 bits per heavy atom. The molecule has 7 heteroatoms. The molecule has 152 valence electrons. The second-order valence-electron chi connectivity index (χ2n) is 7.22. The number of nitrogens with one attached hydrogen (secondary N) is 3. The first kappa shape index (κ1) is 19.0. The van der Waals surface area contributed by atoms with Crippen molar-refractivity contribution in [1.82, 2.24) is 10.2 Å². The van der Waals surface area contributed by atoms with Gasteiger partial charge in [0.15, 0.2) is 0 Å². The van der Waals surface area contributed by atoms with E-state index in [1.807, 2.05) is 24.3 Å². The van der Waals surface area contributed by atoms with Gasteiger partial charge in [-0.05, 0) is 53.9 Å². The van der Waals surface area contributed by atoms with E-state index >= 15 is 0 Å². The molecule has 0 radical (unpaired) electrons. The van der Waals surface area contributed by atoms with Gasteiger partial charge in [0.05, 0.1) is 11.7 Å². The summed E-state index contributed by atoms with van der Waals surface area (Å²) in [6, 6.07) is 21.1. The van der Waals surface area contributed by atoms with Crippen LogP contribution in [-0.4, -0.2) is 22.0 Å². The molecule has 0 bridgehead atoms. The number of aromatic amines is 1. The summed E-state index contributed by atoms with van der Waals surface area (Å²) in [7, 11) is 0. The van der Waals surface area contributed by atoms with Crippen molar-refractivity contribution in [3.8, 4) is 10.4 Å². The second-order valence-corrected chi connectivity index (χ2v) is 8.30. The van der Waals surface area contributed by atoms with Crippen LogP contribution in [0.1, 0.15) is 17.3 Å². The Morgan fingerprint density at radius 2 is 1.71 bits per heavy atom. The minimum Gasteiger partial charge on any atom is -0.326 e. The zero-order chi connectivity index (χ0) is 21.4. The number of H-pyrrole nitrogens is 1. The molecule has 3 N–H and O–H groups in total. The van der Waals surface area contributed by atoms with Crippen molar-refractivity contribution in [2.45, 2.75) is 6.92 Å². The molecule has 2 aromatic heterocycles. The molecule has 5 rings (SSSR count). The molecule has 6 nitrogen and oxygen atoms in total. The van der Waals surface area contributed by atoms with E-state index in [0.717, 1.165) is 21.3 Å². The number of benzene rings is 3. The number of amides is 2. The molecule has 0 spiro atoms. The number of hydrogen-bond donors (Lipinski definition) is 3. The Kier molecular flexibility index (Phi) is 4.72. The summed E-state index contributed by atoms with van der Waals surface area (Å²) in [5, 5.41) is 15.0. The van der Waals surface area contributed by atoms with Gasteiger partial charge in [-0.2, -0.15) is 5.10 Å². The minimum atomic E-state index is -0.223. The van der Waals surface area contributed by atoms with E-state index in [0.29, 0.717) is 16.9 Å². The summed E-state index contributed by atoms with van der Waals surface area (Å²) in [6.45, 7) is 1.45. The molecule has 0 unspecified atom stereocenters. The first-order valence-corrected chi connectivity index (χ1v) is 10.5. The summed E-state index contributed by atoms with van der Waals surface area (Å²) >= 11 is 1.70. The predicted octanol–water partition coefficient (Wildman–Crippen LogP) is 5.66. The van der Waals surface area contributed by atoms with Gasteiger partial charge in [0, 0.05) is 44.4 Å². The molecule has 0 aliphatic heterocycles. The van der Waals surface area contributed by atoms with Crippen molar-refractivity contribution in [3.05, 3.63) is 78.5 Å². The summed E-state index contributed by atoms with van der Waals surface area (Å²) in [5.41, 5.74) is 3.77. The molecule has 31 heavy (non-hydrogen) atoms. The highest BCUT2D eigenvalue weighted by Gasteiger charge is 2.13. The van der Waals surface area contributed by atoms with Gasteiger partial charge in [-0.1, -0.05) is 18.2 Å². The lowest BCUT2D eigenvalue weighted by Crippen LogP contribution is -2.12. The lowest BCUT2D eigenvalue weighted by Gasteiger charge is -2.09. The summed E-state index contributed by atoms with van der Waals surface area (Å²) in [4.78, 5) is 25.1. The van der Waals surface area contributed by atoms with Gasteiger partial charge in [-0.3, -0.25) is 14.7 Å². The van der Waals surface area contributed by atoms with E-state index in [9.17, 15) is 9.59 Å². The number of carbonyl (C=O) groups excluding carboxylic acids is 2. The molecule has 2 amide bonds. The zero-order valence-corrected chi connectivity index (χ0v) is 17.4. The van der Waals surface area contributed by atoms with Crippen LogP contribution in [0.15, 0.2) is 72.9 Å². The van der Waals surface area contributed by atoms with Crippen LogP contribution in [0.5, 0.6) is 0 Å². The lowest BCUT2D eigenvalue weighted by atomic mass is 10.1. The summed E-state index contributed by atoms with van der Waals surface area (Å²) in [5.74, 6) is -0.376. The molecule has 0 aliphatic rings. The Hall–Kier alpha value is -3.97. The first-order valence-electron chi connectivity index (χ1n) is 9.72. The third-order valence-electron chi connectivity index (χ3n) is 4.97. The zero-order valence-electron chi connectivity index (χ0n) is 16.6. The maximum atomic E-state index is 12.8. The molecule has 0 saturated heterocycles. The van der Waals surface area contributed by atoms with E-state index in [2.05, 4.69) is 39.0 Å². The highest BCUT2D eigenvalue weighted by atomic mass is 32.1. The van der Waals surface area contributed by atoms with Gasteiger partial charge in [0.25, 0.3) is 5.91 Å². The van der Waals surface area contributed by atoms with Crippen LogP contribution in [0.25, 0.3) is 31.4 Å². The van der Waals surface area contributed by atoms with Gasteiger partial charge in [-0.25, -0.2) is 0 Å². The molecule has 0 aliphatic carbocycles. The molecule has 2 heterocycles. The molecular weight excluding hydrogens is 408 g/mol. The number of hydrogen-bond acceptors (Lipinski definition) is 4.